The summed E-state index contributed by atoms with van der Waals surface area (Å²) >= 11 is 3.40. The van der Waals surface area contributed by atoms with E-state index in [0.717, 1.165) is 15.7 Å². The maximum atomic E-state index is 12.8. The molecule has 7 heteroatoms. The Labute approximate surface area is 171 Å². The molecule has 1 N–H and O–H groups in total. The number of anilines is 1. The Morgan fingerprint density at radius 1 is 1.18 bits per heavy atom. The second-order valence-electron chi connectivity index (χ2n) is 6.15. The van der Waals surface area contributed by atoms with E-state index in [1.165, 1.54) is 10.8 Å². The number of halogens is 1. The van der Waals surface area contributed by atoms with Crippen LogP contribution >= 0.6 is 15.9 Å². The summed E-state index contributed by atoms with van der Waals surface area (Å²) in [5.41, 5.74) is 2.11. The van der Waals surface area contributed by atoms with Gasteiger partial charge in [0.1, 0.15) is 11.4 Å². The van der Waals surface area contributed by atoms with E-state index >= 15 is 0 Å². The molecule has 3 rings (SSSR count). The number of carbonyl (C=O) groups excluding carboxylic acids is 1. The van der Waals surface area contributed by atoms with Crippen molar-refractivity contribution < 1.29 is 9.53 Å². The summed E-state index contributed by atoms with van der Waals surface area (Å²) in [5.74, 6) is 0.252. The van der Waals surface area contributed by atoms with Gasteiger partial charge >= 0.3 is 0 Å². The third-order valence-corrected chi connectivity index (χ3v) is 4.90. The van der Waals surface area contributed by atoms with Crippen LogP contribution < -0.4 is 15.6 Å². The molecule has 2 aromatic carbocycles. The molecule has 0 atom stereocenters. The first-order chi connectivity index (χ1) is 13.4. The van der Waals surface area contributed by atoms with Crippen LogP contribution in [0.5, 0.6) is 5.75 Å². The summed E-state index contributed by atoms with van der Waals surface area (Å²) in [7, 11) is 3.35. The monoisotopic (exact) mass is 441 g/mol. The summed E-state index contributed by atoms with van der Waals surface area (Å²) in [6.07, 6.45) is 3.02. The molecule has 0 saturated carbocycles. The van der Waals surface area contributed by atoms with Gasteiger partial charge in [-0.3, -0.25) is 14.3 Å². The first kappa shape index (κ1) is 19.7. The van der Waals surface area contributed by atoms with Crippen molar-refractivity contribution >= 4 is 33.6 Å². The van der Waals surface area contributed by atoms with E-state index in [0.29, 0.717) is 11.4 Å². The Kier molecular flexibility index (Phi) is 5.84. The van der Waals surface area contributed by atoms with Gasteiger partial charge < -0.3 is 10.1 Å². The first-order valence-electron chi connectivity index (χ1n) is 8.59. The largest absolute Gasteiger partial charge is 0.496 e. The molecule has 0 saturated heterocycles. The van der Waals surface area contributed by atoms with Gasteiger partial charge in [0, 0.05) is 23.2 Å². The van der Waals surface area contributed by atoms with Crippen molar-refractivity contribution in [1.82, 2.24) is 9.36 Å². The Morgan fingerprint density at radius 3 is 2.57 bits per heavy atom. The number of ether oxygens (including phenoxy) is 1. The molecule has 6 nitrogen and oxygen atoms in total. The predicted molar refractivity (Wildman–Crippen MR) is 114 cm³/mol. The Morgan fingerprint density at radius 2 is 1.89 bits per heavy atom. The van der Waals surface area contributed by atoms with E-state index in [1.807, 2.05) is 48.5 Å². The molecule has 0 aliphatic carbocycles. The van der Waals surface area contributed by atoms with Gasteiger partial charge in [-0.1, -0.05) is 34.1 Å². The number of benzene rings is 2. The summed E-state index contributed by atoms with van der Waals surface area (Å²) in [5, 5.41) is 2.70. The van der Waals surface area contributed by atoms with E-state index in [9.17, 15) is 9.59 Å². The highest BCUT2D eigenvalue weighted by atomic mass is 79.9. The quantitative estimate of drug-likeness (QED) is 0.610. The second-order valence-corrected chi connectivity index (χ2v) is 7.06. The normalized spacial score (nSPS) is 11.0. The number of para-hydroxylation sites is 1. The molecule has 28 heavy (non-hydrogen) atoms. The smallest absolute Gasteiger partial charge is 0.295 e. The van der Waals surface area contributed by atoms with Gasteiger partial charge in [-0.05, 0) is 43.3 Å². The van der Waals surface area contributed by atoms with Crippen molar-refractivity contribution in [1.29, 1.82) is 0 Å². The molecule has 1 aromatic heterocycles. The molecule has 0 bridgehead atoms. The van der Waals surface area contributed by atoms with E-state index < -0.39 is 5.91 Å². The van der Waals surface area contributed by atoms with E-state index in [-0.39, 0.29) is 11.2 Å². The number of aromatic nitrogens is 2. The van der Waals surface area contributed by atoms with Gasteiger partial charge in [0.15, 0.2) is 0 Å². The lowest BCUT2D eigenvalue weighted by Crippen LogP contribution is -2.22. The van der Waals surface area contributed by atoms with Crippen LogP contribution in [-0.4, -0.2) is 22.4 Å². The number of nitrogens with zero attached hydrogens (tertiary/aromatic N) is 2. The molecule has 1 heterocycles. The Balaban J connectivity index is 1.88. The third kappa shape index (κ3) is 3.94. The predicted octanol–water partition coefficient (Wildman–Crippen LogP) is 3.91. The van der Waals surface area contributed by atoms with Crippen LogP contribution in [0.4, 0.5) is 5.69 Å². The van der Waals surface area contributed by atoms with Crippen molar-refractivity contribution in [3.05, 3.63) is 80.7 Å². The topological polar surface area (TPSA) is 65.3 Å². The van der Waals surface area contributed by atoms with Crippen molar-refractivity contribution in [3.63, 3.8) is 0 Å². The number of rotatable bonds is 5. The third-order valence-electron chi connectivity index (χ3n) is 4.41. The molecule has 144 valence electrons. The van der Waals surface area contributed by atoms with Crippen molar-refractivity contribution in [2.45, 2.75) is 6.92 Å². The average molecular weight is 442 g/mol. The molecule has 0 fully saturated rings. The van der Waals surface area contributed by atoms with Crippen molar-refractivity contribution in [2.24, 2.45) is 7.05 Å². The maximum absolute atomic E-state index is 12.8. The lowest BCUT2D eigenvalue weighted by atomic mass is 10.2. The molecular formula is C21H20BrN3O3. The summed E-state index contributed by atoms with van der Waals surface area (Å²) in [6.45, 7) is 1.79. The van der Waals surface area contributed by atoms with Crippen LogP contribution in [0.25, 0.3) is 11.8 Å². The number of amides is 1. The Hall–Kier alpha value is -3.06. The molecule has 0 aliphatic rings. The van der Waals surface area contributed by atoms with Gasteiger partial charge in [-0.25, -0.2) is 4.68 Å². The van der Waals surface area contributed by atoms with Gasteiger partial charge in [-0.2, -0.15) is 0 Å². The van der Waals surface area contributed by atoms with Gasteiger partial charge in [0.2, 0.25) is 5.91 Å². The molecule has 0 aliphatic heterocycles. The lowest BCUT2D eigenvalue weighted by Gasteiger charge is -2.07. The van der Waals surface area contributed by atoms with Crippen LogP contribution in [0.15, 0.2) is 63.9 Å². The fourth-order valence-electron chi connectivity index (χ4n) is 2.88. The zero-order chi connectivity index (χ0) is 20.3. The highest BCUT2D eigenvalue weighted by Crippen LogP contribution is 2.24. The summed E-state index contributed by atoms with van der Waals surface area (Å²) < 4.78 is 9.41. The minimum absolute atomic E-state index is 0.252. The standard InChI is InChI=1S/C21H20BrN3O3/c1-14-20(21(27)25(24(14)2)17-7-5-4-6-8-17)23-19(26)12-9-15-13-16(22)10-11-18(15)28-3/h4-13H,1-3H3,(H,23,26). The molecule has 3 aromatic rings. The first-order valence-corrected chi connectivity index (χ1v) is 9.38. The van der Waals surface area contributed by atoms with Crippen molar-refractivity contribution in [2.75, 3.05) is 12.4 Å². The van der Waals surface area contributed by atoms with E-state index in [4.69, 9.17) is 4.74 Å². The molecule has 0 radical (unpaired) electrons. The minimum atomic E-state index is -0.395. The zero-order valence-electron chi connectivity index (χ0n) is 15.8. The number of carbonyl (C=O) groups is 1. The second kappa shape index (κ2) is 8.31. The highest BCUT2D eigenvalue weighted by molar-refractivity contribution is 9.10. The fourth-order valence-corrected chi connectivity index (χ4v) is 3.26. The lowest BCUT2D eigenvalue weighted by molar-refractivity contribution is -0.111. The zero-order valence-corrected chi connectivity index (χ0v) is 17.4. The van der Waals surface area contributed by atoms with E-state index in [1.54, 1.807) is 31.8 Å². The maximum Gasteiger partial charge on any atom is 0.295 e. The van der Waals surface area contributed by atoms with Crippen molar-refractivity contribution in [3.8, 4) is 11.4 Å². The van der Waals surface area contributed by atoms with Gasteiger partial charge in [0.25, 0.3) is 5.56 Å². The summed E-state index contributed by atoms with van der Waals surface area (Å²) in [4.78, 5) is 25.3. The van der Waals surface area contributed by atoms with Gasteiger partial charge in [-0.15, -0.1) is 0 Å². The highest BCUT2D eigenvalue weighted by Gasteiger charge is 2.17. The number of methoxy groups -OCH3 is 1. The van der Waals surface area contributed by atoms with Gasteiger partial charge in [0.05, 0.1) is 18.5 Å². The number of nitrogens with one attached hydrogen (secondary N) is 1. The minimum Gasteiger partial charge on any atom is -0.496 e. The van der Waals surface area contributed by atoms with E-state index in [2.05, 4.69) is 21.2 Å². The van der Waals surface area contributed by atoms with Crippen LogP contribution in [0.3, 0.4) is 0 Å². The van der Waals surface area contributed by atoms with Crippen LogP contribution in [0.2, 0.25) is 0 Å². The molecule has 0 unspecified atom stereocenters. The SMILES string of the molecule is COc1ccc(Br)cc1C=CC(=O)Nc1c(C)n(C)n(-c2ccccc2)c1=O. The fraction of sp³-hybridized carbons (Fsp3) is 0.143. The molecular weight excluding hydrogens is 422 g/mol. The Bertz CT molecular complexity index is 1100. The molecule has 1 amide bonds. The van der Waals surface area contributed by atoms with Crippen LogP contribution in [-0.2, 0) is 11.8 Å². The van der Waals surface area contributed by atoms with Crippen LogP contribution in [0.1, 0.15) is 11.3 Å². The molecule has 0 spiro atoms. The summed E-state index contributed by atoms with van der Waals surface area (Å²) in [6, 6.07) is 14.8. The average Bonchev–Trinajstić information content (AvgIpc) is 2.90. The van der Waals surface area contributed by atoms with Crippen LogP contribution in [0, 0.1) is 6.92 Å². The number of hydrogen-bond donors (Lipinski definition) is 1. The number of hydrogen-bond acceptors (Lipinski definition) is 3.